The van der Waals surface area contributed by atoms with E-state index < -0.39 is 10.1 Å². The molecule has 15 heavy (non-hydrogen) atoms. The van der Waals surface area contributed by atoms with E-state index in [0.717, 1.165) is 0 Å². The molecular weight excluding hydrogens is 232 g/mol. The molecule has 0 aliphatic rings. The number of thiol groups is 2. The van der Waals surface area contributed by atoms with Crippen LogP contribution in [0.5, 0.6) is 0 Å². The molecule has 0 unspecified atom stereocenters. The summed E-state index contributed by atoms with van der Waals surface area (Å²) in [6, 6.07) is 4.78. The van der Waals surface area contributed by atoms with Crippen LogP contribution in [0.4, 0.5) is 4.79 Å². The summed E-state index contributed by atoms with van der Waals surface area (Å²) < 4.78 is -0.774. The number of carbonyl (C=O) groups excluding carboxylic acids is 1. The maximum absolute atomic E-state index is 10.4. The fraction of sp³-hybridized carbons (Fsp3) is 0.250. The summed E-state index contributed by atoms with van der Waals surface area (Å²) in [5.74, 6) is 0. The number of primary amides is 1. The van der Waals surface area contributed by atoms with Gasteiger partial charge in [0.2, 0.25) is 0 Å². The van der Waals surface area contributed by atoms with Crippen LogP contribution in [0.3, 0.4) is 0 Å². The Hall–Kier alpha value is -0.920. The van der Waals surface area contributed by atoms with Gasteiger partial charge in [0.25, 0.3) is 0 Å². The van der Waals surface area contributed by atoms with Gasteiger partial charge in [-0.25, -0.2) is 10.2 Å². The van der Waals surface area contributed by atoms with Crippen molar-refractivity contribution in [3.63, 3.8) is 0 Å². The molecule has 2 amide bonds. The summed E-state index contributed by atoms with van der Waals surface area (Å²) in [4.78, 5) is 14.5. The standard InChI is InChI=1S/C8H12N4OS2/c9-7(13)12-11-5-8(14,15)6-3-1-2-4-10-6/h1-4,11,14-15H,5H2,(H3,9,12,13). The van der Waals surface area contributed by atoms with Gasteiger partial charge >= 0.3 is 6.03 Å². The highest BCUT2D eigenvalue weighted by molar-refractivity contribution is 7.99. The molecule has 0 aliphatic carbocycles. The van der Waals surface area contributed by atoms with Crippen LogP contribution in [0.1, 0.15) is 5.69 Å². The molecule has 0 saturated heterocycles. The van der Waals surface area contributed by atoms with Crippen molar-refractivity contribution >= 4 is 31.3 Å². The average molecular weight is 244 g/mol. The predicted octanol–water partition coefficient (Wildman–Crippen LogP) is 0.267. The van der Waals surface area contributed by atoms with Crippen molar-refractivity contribution in [1.82, 2.24) is 15.8 Å². The van der Waals surface area contributed by atoms with Gasteiger partial charge < -0.3 is 5.73 Å². The topological polar surface area (TPSA) is 80.0 Å². The van der Waals surface area contributed by atoms with Crippen molar-refractivity contribution in [3.8, 4) is 0 Å². The van der Waals surface area contributed by atoms with Gasteiger partial charge in [-0.1, -0.05) is 6.07 Å². The molecule has 7 heteroatoms. The molecule has 0 aromatic carbocycles. The maximum Gasteiger partial charge on any atom is 0.326 e. The van der Waals surface area contributed by atoms with Gasteiger partial charge in [0.1, 0.15) is 4.08 Å². The SMILES string of the molecule is NC(=O)NNCC(S)(S)c1ccccn1. The number of rotatable bonds is 4. The zero-order valence-corrected chi connectivity index (χ0v) is 9.63. The van der Waals surface area contributed by atoms with E-state index in [4.69, 9.17) is 5.73 Å². The van der Waals surface area contributed by atoms with E-state index in [1.807, 2.05) is 6.07 Å². The molecule has 0 atom stereocenters. The fourth-order valence-electron chi connectivity index (χ4n) is 0.945. The van der Waals surface area contributed by atoms with Gasteiger partial charge in [-0.05, 0) is 12.1 Å². The Morgan fingerprint density at radius 3 is 2.80 bits per heavy atom. The number of amides is 2. The second kappa shape index (κ2) is 5.24. The van der Waals surface area contributed by atoms with E-state index in [2.05, 4.69) is 41.1 Å². The maximum atomic E-state index is 10.4. The first-order valence-corrected chi connectivity index (χ1v) is 5.06. The molecule has 4 N–H and O–H groups in total. The largest absolute Gasteiger partial charge is 0.351 e. The Morgan fingerprint density at radius 2 is 2.27 bits per heavy atom. The number of nitrogens with zero attached hydrogens (tertiary/aromatic N) is 1. The van der Waals surface area contributed by atoms with Crippen molar-refractivity contribution in [2.75, 3.05) is 6.54 Å². The molecule has 1 rings (SSSR count). The molecule has 1 aromatic heterocycles. The van der Waals surface area contributed by atoms with E-state index in [0.29, 0.717) is 12.2 Å². The minimum Gasteiger partial charge on any atom is -0.351 e. The number of urea groups is 1. The molecule has 0 radical (unpaired) electrons. The monoisotopic (exact) mass is 244 g/mol. The van der Waals surface area contributed by atoms with Gasteiger partial charge in [0, 0.05) is 12.7 Å². The van der Waals surface area contributed by atoms with Crippen molar-refractivity contribution in [2.45, 2.75) is 4.08 Å². The number of hydrogen-bond donors (Lipinski definition) is 5. The summed E-state index contributed by atoms with van der Waals surface area (Å²) >= 11 is 8.65. The first kappa shape index (κ1) is 12.2. The minimum absolute atomic E-state index is 0.291. The summed E-state index contributed by atoms with van der Waals surface area (Å²) in [6.45, 7) is 0.291. The summed E-state index contributed by atoms with van der Waals surface area (Å²) in [6.07, 6.45) is 1.65. The van der Waals surface area contributed by atoms with Gasteiger partial charge in [0.15, 0.2) is 0 Å². The number of nitrogens with one attached hydrogen (secondary N) is 2. The van der Waals surface area contributed by atoms with Crippen LogP contribution >= 0.6 is 25.3 Å². The molecule has 0 bridgehead atoms. The number of aromatic nitrogens is 1. The third-order valence-electron chi connectivity index (χ3n) is 1.62. The van der Waals surface area contributed by atoms with Crippen LogP contribution in [0.15, 0.2) is 24.4 Å². The average Bonchev–Trinajstić information content (AvgIpc) is 2.18. The van der Waals surface area contributed by atoms with Gasteiger partial charge in [-0.3, -0.25) is 10.4 Å². The van der Waals surface area contributed by atoms with Crippen LogP contribution in [-0.2, 0) is 4.08 Å². The molecule has 0 spiro atoms. The zero-order valence-electron chi connectivity index (χ0n) is 7.84. The van der Waals surface area contributed by atoms with E-state index in [9.17, 15) is 4.79 Å². The molecule has 1 heterocycles. The Kier molecular flexibility index (Phi) is 4.25. The predicted molar refractivity (Wildman–Crippen MR) is 64.6 cm³/mol. The highest BCUT2D eigenvalue weighted by Crippen LogP contribution is 2.29. The number of pyridine rings is 1. The Morgan fingerprint density at radius 1 is 1.53 bits per heavy atom. The second-order valence-electron chi connectivity index (χ2n) is 2.87. The summed E-state index contributed by atoms with van der Waals surface area (Å²) in [7, 11) is 0. The Labute approximate surface area is 98.6 Å². The minimum atomic E-state index is -0.774. The fourth-order valence-corrected chi connectivity index (χ4v) is 1.37. The molecule has 0 fully saturated rings. The van der Waals surface area contributed by atoms with Crippen LogP contribution in [-0.4, -0.2) is 17.6 Å². The molecule has 82 valence electrons. The second-order valence-corrected chi connectivity index (χ2v) is 4.75. The van der Waals surface area contributed by atoms with Crippen molar-refractivity contribution in [3.05, 3.63) is 30.1 Å². The molecule has 1 aromatic rings. The van der Waals surface area contributed by atoms with Crippen LogP contribution in [0.2, 0.25) is 0 Å². The summed E-state index contributed by atoms with van der Waals surface area (Å²) in [5.41, 5.74) is 10.4. The van der Waals surface area contributed by atoms with Gasteiger partial charge in [0.05, 0.1) is 5.69 Å². The van der Waals surface area contributed by atoms with E-state index in [1.165, 1.54) is 0 Å². The molecule has 0 aliphatic heterocycles. The first-order chi connectivity index (χ1) is 7.02. The number of hydrazine groups is 1. The third kappa shape index (κ3) is 3.98. The lowest BCUT2D eigenvalue weighted by Gasteiger charge is -2.22. The number of nitrogens with two attached hydrogens (primary N) is 1. The lowest BCUT2D eigenvalue weighted by atomic mass is 10.2. The van der Waals surface area contributed by atoms with Crippen molar-refractivity contribution < 1.29 is 4.79 Å². The Bertz CT molecular complexity index is 331. The quantitative estimate of drug-likeness (QED) is 0.299. The van der Waals surface area contributed by atoms with Crippen LogP contribution < -0.4 is 16.6 Å². The van der Waals surface area contributed by atoms with Gasteiger partial charge in [-0.2, -0.15) is 25.3 Å². The van der Waals surface area contributed by atoms with E-state index >= 15 is 0 Å². The first-order valence-electron chi connectivity index (χ1n) is 4.17. The Balaban J connectivity index is 2.56. The normalized spacial score (nSPS) is 11.1. The number of carbonyl (C=O) groups is 1. The summed E-state index contributed by atoms with van der Waals surface area (Å²) in [5, 5.41) is 0. The van der Waals surface area contributed by atoms with Crippen molar-refractivity contribution in [1.29, 1.82) is 0 Å². The highest BCUT2D eigenvalue weighted by atomic mass is 32.2. The third-order valence-corrected chi connectivity index (χ3v) is 2.40. The molecule has 5 nitrogen and oxygen atoms in total. The highest BCUT2D eigenvalue weighted by Gasteiger charge is 2.23. The van der Waals surface area contributed by atoms with Crippen LogP contribution in [0, 0.1) is 0 Å². The lowest BCUT2D eigenvalue weighted by molar-refractivity contribution is 0.244. The van der Waals surface area contributed by atoms with E-state index in [1.54, 1.807) is 18.3 Å². The van der Waals surface area contributed by atoms with Crippen molar-refractivity contribution in [2.24, 2.45) is 5.73 Å². The van der Waals surface area contributed by atoms with E-state index in [-0.39, 0.29) is 0 Å². The zero-order chi connectivity index (χ0) is 11.3. The smallest absolute Gasteiger partial charge is 0.326 e. The lowest BCUT2D eigenvalue weighted by Crippen LogP contribution is -2.45. The molecular formula is C8H12N4OS2. The molecule has 0 saturated carbocycles. The van der Waals surface area contributed by atoms with Gasteiger partial charge in [-0.15, -0.1) is 0 Å². The number of hydrogen-bond acceptors (Lipinski definition) is 5. The van der Waals surface area contributed by atoms with Crippen LogP contribution in [0.25, 0.3) is 0 Å².